The number of amides is 2. The van der Waals surface area contributed by atoms with Crippen LogP contribution in [-0.2, 0) is 16.0 Å². The highest BCUT2D eigenvalue weighted by Gasteiger charge is 2.27. The van der Waals surface area contributed by atoms with Gasteiger partial charge in [0.1, 0.15) is 6.04 Å². The van der Waals surface area contributed by atoms with Gasteiger partial charge in [-0.3, -0.25) is 14.6 Å². The van der Waals surface area contributed by atoms with Crippen molar-refractivity contribution in [1.82, 2.24) is 16.0 Å². The molecule has 1 saturated carbocycles. The molecule has 5 N–H and O–H groups in total. The van der Waals surface area contributed by atoms with Gasteiger partial charge in [0.15, 0.2) is 5.96 Å². The second-order valence-corrected chi connectivity index (χ2v) is 10.4. The summed E-state index contributed by atoms with van der Waals surface area (Å²) in [5, 5.41) is 22.1. The van der Waals surface area contributed by atoms with Gasteiger partial charge in [0.05, 0.1) is 15.6 Å². The van der Waals surface area contributed by atoms with Gasteiger partial charge in [0.2, 0.25) is 5.91 Å². The van der Waals surface area contributed by atoms with Crippen molar-refractivity contribution in [3.8, 4) is 0 Å². The number of carbonyl (C=O) groups is 3. The van der Waals surface area contributed by atoms with Crippen LogP contribution in [0.25, 0.3) is 0 Å². The molecule has 0 radical (unpaired) electrons. The van der Waals surface area contributed by atoms with Gasteiger partial charge in [0, 0.05) is 37.2 Å². The first-order valence-corrected chi connectivity index (χ1v) is 13.5. The van der Waals surface area contributed by atoms with E-state index in [9.17, 15) is 19.5 Å². The summed E-state index contributed by atoms with van der Waals surface area (Å²) < 4.78 is 0. The quantitative estimate of drug-likeness (QED) is 0.333. The van der Waals surface area contributed by atoms with Crippen molar-refractivity contribution in [2.24, 2.45) is 10.9 Å². The summed E-state index contributed by atoms with van der Waals surface area (Å²) in [5.74, 6) is -1.06. The fraction of sp³-hybridized carbons (Fsp3) is 0.407. The van der Waals surface area contributed by atoms with Gasteiger partial charge in [0.25, 0.3) is 5.91 Å². The Balaban J connectivity index is 1.28. The van der Waals surface area contributed by atoms with Gasteiger partial charge < -0.3 is 26.4 Å². The highest BCUT2D eigenvalue weighted by atomic mass is 35.5. The number of benzene rings is 2. The number of hydrogen-bond donors (Lipinski definition) is 5. The predicted octanol–water partition coefficient (Wildman–Crippen LogP) is 3.86. The van der Waals surface area contributed by atoms with Crippen LogP contribution in [0.15, 0.2) is 47.5 Å². The molecule has 2 aromatic rings. The minimum Gasteiger partial charge on any atom is -0.480 e. The molecule has 9 nitrogen and oxygen atoms in total. The third-order valence-corrected chi connectivity index (χ3v) is 7.42. The van der Waals surface area contributed by atoms with E-state index in [1.807, 2.05) is 0 Å². The lowest BCUT2D eigenvalue weighted by molar-refractivity contribution is -0.139. The van der Waals surface area contributed by atoms with E-state index in [1.165, 1.54) is 12.1 Å². The fourth-order valence-electron chi connectivity index (χ4n) is 4.67. The number of nitrogens with one attached hydrogen (secondary N) is 4. The molecule has 1 atom stereocenters. The molecule has 202 valence electrons. The molecule has 1 heterocycles. The van der Waals surface area contributed by atoms with Gasteiger partial charge >= 0.3 is 5.97 Å². The second-order valence-electron chi connectivity index (χ2n) is 9.55. The second kappa shape index (κ2) is 13.0. The maximum atomic E-state index is 12.8. The number of hydrogen-bond acceptors (Lipinski definition) is 6. The average molecular weight is 560 g/mol. The summed E-state index contributed by atoms with van der Waals surface area (Å²) in [6, 6.07) is 10.7. The van der Waals surface area contributed by atoms with Crippen LogP contribution in [0.4, 0.5) is 5.69 Å². The monoisotopic (exact) mass is 559 g/mol. The Morgan fingerprint density at radius 1 is 1.03 bits per heavy atom. The molecule has 0 unspecified atom stereocenters. The lowest BCUT2D eigenvalue weighted by Crippen LogP contribution is -2.47. The number of halogens is 2. The third-order valence-electron chi connectivity index (χ3n) is 6.79. The van der Waals surface area contributed by atoms with Crippen molar-refractivity contribution in [3.05, 3.63) is 63.6 Å². The number of carbonyl (C=O) groups excluding carboxylic acids is 2. The van der Waals surface area contributed by atoms with Crippen molar-refractivity contribution < 1.29 is 19.5 Å². The molecule has 1 aliphatic carbocycles. The summed E-state index contributed by atoms with van der Waals surface area (Å²) in [7, 11) is 0. The minimum absolute atomic E-state index is 0.0170. The van der Waals surface area contributed by atoms with Crippen LogP contribution in [-0.4, -0.2) is 54.0 Å². The largest absolute Gasteiger partial charge is 0.480 e. The number of anilines is 1. The Hall–Kier alpha value is -3.30. The average Bonchev–Trinajstić information content (AvgIpc) is 2.90. The molecular weight excluding hydrogens is 529 g/mol. The molecule has 4 rings (SSSR count). The number of aliphatic imine (C=N–C) groups is 1. The first-order chi connectivity index (χ1) is 18.3. The number of guanidine groups is 1. The zero-order chi connectivity index (χ0) is 27.1. The summed E-state index contributed by atoms with van der Waals surface area (Å²) in [6.07, 6.45) is 4.50. The molecule has 1 fully saturated rings. The smallest absolute Gasteiger partial charge is 0.326 e. The molecule has 1 aliphatic heterocycles. The maximum absolute atomic E-state index is 12.8. The fourth-order valence-corrected chi connectivity index (χ4v) is 5.24. The van der Waals surface area contributed by atoms with Crippen molar-refractivity contribution in [2.45, 2.75) is 50.6 Å². The van der Waals surface area contributed by atoms with Crippen LogP contribution >= 0.6 is 23.2 Å². The Morgan fingerprint density at radius 2 is 1.71 bits per heavy atom. The summed E-state index contributed by atoms with van der Waals surface area (Å²) in [4.78, 5) is 41.7. The summed E-state index contributed by atoms with van der Waals surface area (Å²) >= 11 is 12.1. The molecule has 0 bridgehead atoms. The maximum Gasteiger partial charge on any atom is 0.326 e. The Kier molecular flexibility index (Phi) is 9.47. The molecule has 0 spiro atoms. The summed E-state index contributed by atoms with van der Waals surface area (Å²) in [6.45, 7) is 1.78. The molecule has 0 saturated heterocycles. The molecule has 11 heteroatoms. The van der Waals surface area contributed by atoms with E-state index >= 15 is 0 Å². The van der Waals surface area contributed by atoms with Gasteiger partial charge in [-0.1, -0.05) is 41.4 Å². The number of aliphatic carboxylic acids is 1. The van der Waals surface area contributed by atoms with E-state index in [2.05, 4.69) is 26.3 Å². The molecule has 0 aromatic heterocycles. The normalized spacial score (nSPS) is 19.9. The number of rotatable bonds is 8. The molecule has 2 aromatic carbocycles. The number of nitrogens with zero attached hydrogens (tertiary/aromatic N) is 1. The molecular formula is C27H31Cl2N5O4. The van der Waals surface area contributed by atoms with Crippen LogP contribution in [0.3, 0.4) is 0 Å². The van der Waals surface area contributed by atoms with Gasteiger partial charge in [-0.05, 0) is 61.9 Å². The highest BCUT2D eigenvalue weighted by molar-refractivity contribution is 6.39. The van der Waals surface area contributed by atoms with Crippen molar-refractivity contribution >= 4 is 52.6 Å². The minimum atomic E-state index is -1.19. The highest BCUT2D eigenvalue weighted by Crippen LogP contribution is 2.26. The van der Waals surface area contributed by atoms with Crippen LogP contribution in [0.2, 0.25) is 10.0 Å². The molecule has 38 heavy (non-hydrogen) atoms. The number of carboxylic acid groups (broad SMARTS) is 1. The molecule has 2 amide bonds. The van der Waals surface area contributed by atoms with E-state index < -0.39 is 17.9 Å². The van der Waals surface area contributed by atoms with E-state index in [0.29, 0.717) is 17.3 Å². The first kappa shape index (κ1) is 27.7. The standard InChI is InChI=1S/C27H31Cl2N5O4/c28-20-3-1-4-21(29)23(20)25(36)34-22(26(37)38)15-16-5-9-18(10-6-16)32-24(35)17-7-11-19(12-8-17)33-27-30-13-2-14-31-27/h1,3-6,9-10,17,19,22H,2,7-8,11-15H2,(H,32,35)(H,34,36)(H,37,38)(H2,30,31,33)/t17-,19-,22-/m0/s1. The zero-order valence-corrected chi connectivity index (χ0v) is 22.3. The van der Waals surface area contributed by atoms with E-state index in [-0.39, 0.29) is 33.9 Å². The van der Waals surface area contributed by atoms with Crippen molar-refractivity contribution in [3.63, 3.8) is 0 Å². The van der Waals surface area contributed by atoms with Crippen molar-refractivity contribution in [1.29, 1.82) is 0 Å². The Labute approximate surface area is 231 Å². The number of carboxylic acids is 1. The van der Waals surface area contributed by atoms with Gasteiger partial charge in [-0.15, -0.1) is 0 Å². The van der Waals surface area contributed by atoms with Gasteiger partial charge in [-0.2, -0.15) is 0 Å². The Morgan fingerprint density at radius 3 is 2.32 bits per heavy atom. The van der Waals surface area contributed by atoms with Crippen LogP contribution in [0.1, 0.15) is 48.0 Å². The molecule has 2 aliphatic rings. The topological polar surface area (TPSA) is 132 Å². The lowest BCUT2D eigenvalue weighted by atomic mass is 9.85. The summed E-state index contributed by atoms with van der Waals surface area (Å²) in [5.41, 5.74) is 1.36. The first-order valence-electron chi connectivity index (χ1n) is 12.7. The van der Waals surface area contributed by atoms with Gasteiger partial charge in [-0.25, -0.2) is 4.79 Å². The SMILES string of the molecule is O=C(N[C@@H](Cc1ccc(NC(=O)[C@H]2CC[C@H](NC3=NCCCN3)CC2)cc1)C(=O)O)c1c(Cl)cccc1Cl. The van der Waals surface area contributed by atoms with E-state index in [1.54, 1.807) is 30.3 Å². The third kappa shape index (κ3) is 7.39. The lowest BCUT2D eigenvalue weighted by Gasteiger charge is -2.30. The van der Waals surface area contributed by atoms with Crippen LogP contribution in [0, 0.1) is 5.92 Å². The predicted molar refractivity (Wildman–Crippen MR) is 148 cm³/mol. The van der Waals surface area contributed by atoms with E-state index in [0.717, 1.165) is 51.2 Å². The van der Waals surface area contributed by atoms with Crippen molar-refractivity contribution in [2.75, 3.05) is 18.4 Å². The zero-order valence-electron chi connectivity index (χ0n) is 20.8. The van der Waals surface area contributed by atoms with E-state index in [4.69, 9.17) is 23.2 Å². The van der Waals surface area contributed by atoms with Crippen LogP contribution < -0.4 is 21.3 Å². The Bertz CT molecular complexity index is 1180. The van der Waals surface area contributed by atoms with Crippen LogP contribution in [0.5, 0.6) is 0 Å².